The van der Waals surface area contributed by atoms with Gasteiger partial charge in [0.25, 0.3) is 0 Å². The molecule has 1 N–H and O–H groups in total. The normalized spacial score (nSPS) is 12.0. The quantitative estimate of drug-likeness (QED) is 0.641. The van der Waals surface area contributed by atoms with Crippen LogP contribution in [0.25, 0.3) is 0 Å². The highest BCUT2D eigenvalue weighted by Gasteiger charge is 2.29. The summed E-state index contributed by atoms with van der Waals surface area (Å²) < 4.78 is 36.0. The van der Waals surface area contributed by atoms with E-state index in [0.29, 0.717) is 22.7 Å². The number of hydrogen-bond donors (Lipinski definition) is 1. The van der Waals surface area contributed by atoms with Crippen LogP contribution in [0.15, 0.2) is 42.5 Å². The Labute approximate surface area is 176 Å². The van der Waals surface area contributed by atoms with Crippen molar-refractivity contribution in [3.05, 3.63) is 53.6 Å². The van der Waals surface area contributed by atoms with Gasteiger partial charge in [-0.15, -0.1) is 0 Å². The summed E-state index contributed by atoms with van der Waals surface area (Å²) in [4.78, 5) is 24.9. The summed E-state index contributed by atoms with van der Waals surface area (Å²) in [6, 6.07) is 10.1. The summed E-state index contributed by atoms with van der Waals surface area (Å²) in [6.07, 6.45) is 1.04. The zero-order valence-corrected chi connectivity index (χ0v) is 18.4. The predicted molar refractivity (Wildman–Crippen MR) is 116 cm³/mol. The Hall–Kier alpha value is -3.07. The van der Waals surface area contributed by atoms with Crippen molar-refractivity contribution in [3.8, 4) is 5.75 Å². The number of nitrogens with zero attached hydrogens (tertiary/aromatic N) is 1. The van der Waals surface area contributed by atoms with Crippen molar-refractivity contribution in [2.75, 3.05) is 29.6 Å². The first-order chi connectivity index (χ1) is 14.1. The number of methoxy groups -OCH3 is 1. The first kappa shape index (κ1) is 23.2. The average molecular weight is 435 g/mol. The second-order valence-corrected chi connectivity index (χ2v) is 8.53. The zero-order valence-electron chi connectivity index (χ0n) is 17.6. The number of carbonyl (C=O) groups excluding carboxylic acids is 2. The number of benzene rings is 2. The summed E-state index contributed by atoms with van der Waals surface area (Å²) in [6.45, 7) is 5.20. The van der Waals surface area contributed by atoms with E-state index >= 15 is 0 Å². The highest BCUT2D eigenvalue weighted by atomic mass is 32.2. The molecule has 0 aliphatic carbocycles. The molecule has 0 heterocycles. The van der Waals surface area contributed by atoms with Crippen molar-refractivity contribution in [2.45, 2.75) is 26.8 Å². The van der Waals surface area contributed by atoms with E-state index in [-0.39, 0.29) is 6.61 Å². The van der Waals surface area contributed by atoms with Gasteiger partial charge < -0.3 is 14.8 Å². The molecule has 8 nitrogen and oxygen atoms in total. The van der Waals surface area contributed by atoms with Crippen LogP contribution < -0.4 is 14.4 Å². The van der Waals surface area contributed by atoms with Crippen LogP contribution in [-0.2, 0) is 19.6 Å². The van der Waals surface area contributed by atoms with Crippen LogP contribution in [0.2, 0.25) is 0 Å². The maximum absolute atomic E-state index is 12.9. The molecular weight excluding hydrogens is 408 g/mol. The van der Waals surface area contributed by atoms with Crippen molar-refractivity contribution in [1.29, 1.82) is 0 Å². The van der Waals surface area contributed by atoms with E-state index in [0.717, 1.165) is 16.1 Å². The second-order valence-electron chi connectivity index (χ2n) is 6.67. The molecular formula is C21H26N2O6S. The second kappa shape index (κ2) is 9.62. The molecule has 0 fully saturated rings. The fourth-order valence-corrected chi connectivity index (χ4v) is 4.05. The highest BCUT2D eigenvalue weighted by Crippen LogP contribution is 2.25. The lowest BCUT2D eigenvalue weighted by molar-refractivity contribution is -0.116. The molecule has 2 rings (SSSR count). The molecule has 0 unspecified atom stereocenters. The molecule has 0 saturated carbocycles. The van der Waals surface area contributed by atoms with Crippen LogP contribution >= 0.6 is 0 Å². The maximum Gasteiger partial charge on any atom is 0.338 e. The molecule has 0 bridgehead atoms. The molecule has 0 aliphatic rings. The number of nitrogens with one attached hydrogen (secondary N) is 1. The summed E-state index contributed by atoms with van der Waals surface area (Å²) in [5, 5.41) is 2.71. The molecule has 0 aliphatic heterocycles. The number of ether oxygens (including phenoxy) is 2. The van der Waals surface area contributed by atoms with Gasteiger partial charge in [0.15, 0.2) is 0 Å². The first-order valence-corrected chi connectivity index (χ1v) is 11.2. The Bertz CT molecular complexity index is 1020. The fraction of sp³-hybridized carbons (Fsp3) is 0.333. The largest absolute Gasteiger partial charge is 0.497 e. The highest BCUT2D eigenvalue weighted by molar-refractivity contribution is 7.92. The molecule has 2 aromatic carbocycles. The van der Waals surface area contributed by atoms with E-state index in [2.05, 4.69) is 5.32 Å². The number of esters is 1. The molecule has 0 radical (unpaired) electrons. The van der Waals surface area contributed by atoms with E-state index in [9.17, 15) is 18.0 Å². The first-order valence-electron chi connectivity index (χ1n) is 9.30. The number of anilines is 2. The molecule has 1 atom stereocenters. The van der Waals surface area contributed by atoms with Crippen molar-refractivity contribution in [2.24, 2.45) is 0 Å². The average Bonchev–Trinajstić information content (AvgIpc) is 2.69. The van der Waals surface area contributed by atoms with Crippen molar-refractivity contribution in [1.82, 2.24) is 0 Å². The minimum atomic E-state index is -3.76. The van der Waals surface area contributed by atoms with Crippen LogP contribution in [0, 0.1) is 6.92 Å². The van der Waals surface area contributed by atoms with E-state index in [4.69, 9.17) is 9.47 Å². The van der Waals surface area contributed by atoms with E-state index in [1.165, 1.54) is 20.1 Å². The van der Waals surface area contributed by atoms with E-state index < -0.39 is 27.9 Å². The third-order valence-electron chi connectivity index (χ3n) is 4.42. The number of carbonyl (C=O) groups is 2. The molecule has 0 aromatic heterocycles. The van der Waals surface area contributed by atoms with Gasteiger partial charge in [-0.1, -0.05) is 6.07 Å². The lowest BCUT2D eigenvalue weighted by Gasteiger charge is -2.28. The number of rotatable bonds is 8. The molecule has 30 heavy (non-hydrogen) atoms. The lowest BCUT2D eigenvalue weighted by atomic mass is 10.1. The van der Waals surface area contributed by atoms with E-state index in [1.807, 2.05) is 0 Å². The standard InChI is InChI=1S/C21H26N2O6S/c1-6-29-21(25)16-8-7-14(2)19(13-16)22-20(24)15(3)23(30(5,26)27)17-9-11-18(28-4)12-10-17/h7-13,15H,6H2,1-5H3,(H,22,24)/t15-/m0/s1. The van der Waals surface area contributed by atoms with Crippen LogP contribution in [0.3, 0.4) is 0 Å². The van der Waals surface area contributed by atoms with Gasteiger partial charge in [-0.3, -0.25) is 9.10 Å². The molecule has 2 aromatic rings. The topological polar surface area (TPSA) is 102 Å². The maximum atomic E-state index is 12.9. The van der Waals surface area contributed by atoms with Gasteiger partial charge in [0.1, 0.15) is 11.8 Å². The lowest BCUT2D eigenvalue weighted by Crippen LogP contribution is -2.45. The van der Waals surface area contributed by atoms with Crippen molar-refractivity contribution in [3.63, 3.8) is 0 Å². The molecule has 162 valence electrons. The van der Waals surface area contributed by atoms with Crippen LogP contribution in [-0.4, -0.2) is 46.3 Å². The van der Waals surface area contributed by atoms with Crippen LogP contribution in [0.4, 0.5) is 11.4 Å². The van der Waals surface area contributed by atoms with Gasteiger partial charge in [0.05, 0.1) is 31.2 Å². The Morgan fingerprint density at radius 1 is 1.13 bits per heavy atom. The van der Waals surface area contributed by atoms with Gasteiger partial charge in [-0.2, -0.15) is 0 Å². The van der Waals surface area contributed by atoms with Gasteiger partial charge in [-0.05, 0) is 62.7 Å². The van der Waals surface area contributed by atoms with Crippen LogP contribution in [0.1, 0.15) is 29.8 Å². The van der Waals surface area contributed by atoms with E-state index in [1.54, 1.807) is 50.2 Å². The zero-order chi connectivity index (χ0) is 22.5. The van der Waals surface area contributed by atoms with Gasteiger partial charge in [-0.25, -0.2) is 13.2 Å². The Kier molecular flexibility index (Phi) is 7.44. The SMILES string of the molecule is CCOC(=O)c1ccc(C)c(NC(=O)[C@H](C)N(c2ccc(OC)cc2)S(C)(=O)=O)c1. The smallest absolute Gasteiger partial charge is 0.338 e. The predicted octanol–water partition coefficient (Wildman–Crippen LogP) is 2.97. The molecule has 0 spiro atoms. The van der Waals surface area contributed by atoms with Crippen LogP contribution in [0.5, 0.6) is 5.75 Å². The summed E-state index contributed by atoms with van der Waals surface area (Å²) in [7, 11) is -2.25. The fourth-order valence-electron chi connectivity index (χ4n) is 2.87. The third-order valence-corrected chi connectivity index (χ3v) is 5.66. The number of amides is 1. The monoisotopic (exact) mass is 434 g/mol. The third kappa shape index (κ3) is 5.50. The number of hydrogen-bond acceptors (Lipinski definition) is 6. The Morgan fingerprint density at radius 2 is 1.77 bits per heavy atom. The minimum Gasteiger partial charge on any atom is -0.497 e. The number of sulfonamides is 1. The van der Waals surface area contributed by atoms with Gasteiger partial charge in [0, 0.05) is 5.69 Å². The Balaban J connectivity index is 2.31. The Morgan fingerprint density at radius 3 is 2.30 bits per heavy atom. The van der Waals surface area contributed by atoms with Crippen molar-refractivity contribution < 1.29 is 27.5 Å². The summed E-state index contributed by atoms with van der Waals surface area (Å²) >= 11 is 0. The number of aryl methyl sites for hydroxylation is 1. The van der Waals surface area contributed by atoms with Gasteiger partial charge in [0.2, 0.25) is 15.9 Å². The molecule has 9 heteroatoms. The minimum absolute atomic E-state index is 0.233. The summed E-state index contributed by atoms with van der Waals surface area (Å²) in [5.41, 5.74) is 1.75. The molecule has 1 amide bonds. The summed E-state index contributed by atoms with van der Waals surface area (Å²) in [5.74, 6) is -0.479. The molecule has 0 saturated heterocycles. The van der Waals surface area contributed by atoms with Gasteiger partial charge >= 0.3 is 5.97 Å². The van der Waals surface area contributed by atoms with Crippen molar-refractivity contribution >= 4 is 33.3 Å².